The molecular formula is C15H19N2O3P. The molecule has 112 valence electrons. The molecule has 5 nitrogen and oxygen atoms in total. The maximum atomic E-state index is 12.2. The number of benzene rings is 1. The number of pyridine rings is 1. The highest BCUT2D eigenvalue weighted by Crippen LogP contribution is 2.47. The van der Waals surface area contributed by atoms with Gasteiger partial charge in [-0.1, -0.05) is 24.3 Å². The summed E-state index contributed by atoms with van der Waals surface area (Å²) in [7, 11) is -2.26. The van der Waals surface area contributed by atoms with Crippen LogP contribution in [0.3, 0.4) is 0 Å². The van der Waals surface area contributed by atoms with E-state index >= 15 is 0 Å². The number of hydrogen-bond acceptors (Lipinski definition) is 3. The fraction of sp³-hybridized carbons (Fsp3) is 0.267. The molecular weight excluding hydrogens is 287 g/mol. The largest absolute Gasteiger partial charge is 0.432 e. The van der Waals surface area contributed by atoms with Crippen LogP contribution in [0, 0.1) is 0 Å². The predicted octanol–water partition coefficient (Wildman–Crippen LogP) is 3.27. The van der Waals surface area contributed by atoms with Crippen molar-refractivity contribution in [1.29, 1.82) is 0 Å². The van der Waals surface area contributed by atoms with Crippen molar-refractivity contribution < 1.29 is 14.0 Å². The summed E-state index contributed by atoms with van der Waals surface area (Å²) in [6.07, 6.45) is 4.94. The highest BCUT2D eigenvalue weighted by atomic mass is 31.2. The smallest absolute Gasteiger partial charge is 0.308 e. The van der Waals surface area contributed by atoms with Crippen molar-refractivity contribution in [1.82, 2.24) is 4.98 Å². The Morgan fingerprint density at radius 3 is 2.67 bits per heavy atom. The van der Waals surface area contributed by atoms with Crippen LogP contribution in [0.25, 0.3) is 0 Å². The summed E-state index contributed by atoms with van der Waals surface area (Å²) >= 11 is 0. The number of aryl methyl sites for hydroxylation is 1. The van der Waals surface area contributed by atoms with Gasteiger partial charge in [0.2, 0.25) is 0 Å². The Bertz CT molecular complexity index is 592. The van der Waals surface area contributed by atoms with Crippen molar-refractivity contribution in [2.75, 3.05) is 18.3 Å². The van der Waals surface area contributed by atoms with Crippen LogP contribution in [0.5, 0.6) is 0 Å². The van der Waals surface area contributed by atoms with Gasteiger partial charge in [-0.05, 0) is 36.6 Å². The molecule has 21 heavy (non-hydrogen) atoms. The van der Waals surface area contributed by atoms with E-state index in [9.17, 15) is 9.46 Å². The first-order chi connectivity index (χ1) is 10.1. The van der Waals surface area contributed by atoms with Crippen molar-refractivity contribution in [2.24, 2.45) is 0 Å². The number of hydrogen-bond donors (Lipinski definition) is 1. The lowest BCUT2D eigenvalue weighted by atomic mass is 10.2. The Balaban J connectivity index is 1.83. The first-order valence-electron chi connectivity index (χ1n) is 6.75. The number of nitrogens with zero attached hydrogens (tertiary/aromatic N) is 2. The van der Waals surface area contributed by atoms with Gasteiger partial charge in [-0.25, -0.2) is 4.57 Å². The normalized spacial score (nSPS) is 13.6. The number of aromatic nitrogens is 1. The van der Waals surface area contributed by atoms with Crippen LogP contribution in [0.2, 0.25) is 0 Å². The highest BCUT2D eigenvalue weighted by Gasteiger charge is 2.26. The van der Waals surface area contributed by atoms with Crippen LogP contribution in [0.4, 0.5) is 5.69 Å². The van der Waals surface area contributed by atoms with Gasteiger partial charge in [0.25, 0.3) is 0 Å². The Labute approximate surface area is 124 Å². The quantitative estimate of drug-likeness (QED) is 0.628. The Morgan fingerprint density at radius 2 is 2.00 bits per heavy atom. The number of anilines is 1. The maximum absolute atomic E-state index is 12.2. The third-order valence-electron chi connectivity index (χ3n) is 3.10. The molecule has 0 radical (unpaired) electrons. The summed E-state index contributed by atoms with van der Waals surface area (Å²) in [5.41, 5.74) is 1.74. The van der Waals surface area contributed by atoms with Crippen molar-refractivity contribution >= 4 is 13.4 Å². The molecule has 0 fully saturated rings. The number of para-hydroxylation sites is 1. The second kappa shape index (κ2) is 7.36. The van der Waals surface area contributed by atoms with Gasteiger partial charge in [0.05, 0.1) is 6.61 Å². The van der Waals surface area contributed by atoms with Crippen molar-refractivity contribution in [3.8, 4) is 0 Å². The summed E-state index contributed by atoms with van der Waals surface area (Å²) in [5.74, 6) is 0. The number of rotatable bonds is 7. The minimum absolute atomic E-state index is 0.222. The molecule has 0 amide bonds. The topological polar surface area (TPSA) is 62.7 Å². The molecule has 0 saturated carbocycles. The zero-order chi connectivity index (χ0) is 15.1. The third kappa shape index (κ3) is 4.67. The molecule has 2 aromatic rings. The zero-order valence-corrected chi connectivity index (χ0v) is 12.8. The summed E-state index contributed by atoms with van der Waals surface area (Å²) in [6, 6.07) is 12.9. The van der Waals surface area contributed by atoms with E-state index in [2.05, 4.69) is 4.98 Å². The summed E-state index contributed by atoms with van der Waals surface area (Å²) in [5, 5.41) is 0. The molecule has 0 spiro atoms. The van der Waals surface area contributed by atoms with Gasteiger partial charge >= 0.3 is 7.75 Å². The van der Waals surface area contributed by atoms with E-state index in [1.54, 1.807) is 31.6 Å². The predicted molar refractivity (Wildman–Crippen MR) is 83.2 cm³/mol. The van der Waals surface area contributed by atoms with Crippen molar-refractivity contribution in [3.05, 3.63) is 60.4 Å². The molecule has 1 N–H and O–H groups in total. The summed E-state index contributed by atoms with van der Waals surface area (Å²) in [6.45, 7) is 0.222. The van der Waals surface area contributed by atoms with Crippen LogP contribution in [0.15, 0.2) is 54.9 Å². The van der Waals surface area contributed by atoms with Gasteiger partial charge in [-0.15, -0.1) is 0 Å². The molecule has 1 atom stereocenters. The van der Waals surface area contributed by atoms with E-state index < -0.39 is 7.75 Å². The SMILES string of the molecule is CN(c1ccccc1)P(=O)(O)OCCCc1cccnc1. The molecule has 1 aromatic carbocycles. The van der Waals surface area contributed by atoms with Crippen LogP contribution in [-0.4, -0.2) is 23.5 Å². The summed E-state index contributed by atoms with van der Waals surface area (Å²) in [4.78, 5) is 14.0. The fourth-order valence-corrected chi connectivity index (χ4v) is 2.85. The lowest BCUT2D eigenvalue weighted by molar-refractivity contribution is 0.255. The maximum Gasteiger partial charge on any atom is 0.432 e. The van der Waals surface area contributed by atoms with E-state index in [0.29, 0.717) is 12.1 Å². The van der Waals surface area contributed by atoms with Crippen molar-refractivity contribution in [2.45, 2.75) is 12.8 Å². The van der Waals surface area contributed by atoms with Crippen molar-refractivity contribution in [3.63, 3.8) is 0 Å². The van der Waals surface area contributed by atoms with Crippen LogP contribution >= 0.6 is 7.75 Å². The molecule has 6 heteroatoms. The highest BCUT2D eigenvalue weighted by molar-refractivity contribution is 7.54. The molecule has 0 aliphatic rings. The monoisotopic (exact) mass is 306 g/mol. The van der Waals surface area contributed by atoms with Gasteiger partial charge in [-0.2, -0.15) is 0 Å². The minimum atomic E-state index is -3.81. The van der Waals surface area contributed by atoms with Gasteiger partial charge in [0.15, 0.2) is 0 Å². The lowest BCUT2D eigenvalue weighted by Gasteiger charge is -2.24. The zero-order valence-electron chi connectivity index (χ0n) is 11.9. The molecule has 1 aromatic heterocycles. The van der Waals surface area contributed by atoms with Gasteiger partial charge in [0, 0.05) is 25.1 Å². The van der Waals surface area contributed by atoms with E-state index in [0.717, 1.165) is 12.0 Å². The van der Waals surface area contributed by atoms with E-state index in [1.165, 1.54) is 4.67 Å². The minimum Gasteiger partial charge on any atom is -0.308 e. The van der Waals surface area contributed by atoms with Gasteiger partial charge in [0.1, 0.15) is 0 Å². The second-order valence-corrected chi connectivity index (χ2v) is 6.49. The first-order valence-corrected chi connectivity index (χ1v) is 8.28. The lowest BCUT2D eigenvalue weighted by Crippen LogP contribution is -2.15. The summed E-state index contributed by atoms with van der Waals surface area (Å²) < 4.78 is 18.6. The average molecular weight is 306 g/mol. The van der Waals surface area contributed by atoms with E-state index in [4.69, 9.17) is 4.52 Å². The van der Waals surface area contributed by atoms with E-state index in [1.807, 2.05) is 30.3 Å². The second-order valence-electron chi connectivity index (χ2n) is 4.65. The Morgan fingerprint density at radius 1 is 1.24 bits per heavy atom. The van der Waals surface area contributed by atoms with Crippen LogP contribution in [-0.2, 0) is 15.5 Å². The average Bonchev–Trinajstić information content (AvgIpc) is 2.53. The van der Waals surface area contributed by atoms with Crippen LogP contribution in [0.1, 0.15) is 12.0 Å². The molecule has 1 heterocycles. The standard InChI is InChI=1S/C15H19N2O3P/c1-17(15-9-3-2-4-10-15)21(18,19)20-12-6-8-14-7-5-11-16-13-14/h2-5,7,9-11,13H,6,8,12H2,1H3,(H,18,19). The Kier molecular flexibility index (Phi) is 5.51. The van der Waals surface area contributed by atoms with E-state index in [-0.39, 0.29) is 6.61 Å². The molecule has 1 unspecified atom stereocenters. The molecule has 0 aliphatic heterocycles. The Hall–Kier alpha value is -1.68. The third-order valence-corrected chi connectivity index (χ3v) is 4.61. The molecule has 0 aliphatic carbocycles. The molecule has 0 bridgehead atoms. The first kappa shape index (κ1) is 15.7. The van der Waals surface area contributed by atoms with Crippen LogP contribution < -0.4 is 4.67 Å². The molecule has 2 rings (SSSR count). The van der Waals surface area contributed by atoms with Gasteiger partial charge < -0.3 is 4.89 Å². The fourth-order valence-electron chi connectivity index (χ4n) is 1.88. The van der Waals surface area contributed by atoms with Gasteiger partial charge in [-0.3, -0.25) is 14.2 Å². The molecule has 0 saturated heterocycles.